The minimum absolute atomic E-state index is 0.513. The summed E-state index contributed by atoms with van der Waals surface area (Å²) < 4.78 is 0. The van der Waals surface area contributed by atoms with Gasteiger partial charge in [0.05, 0.1) is 0 Å². The standard InChI is InChI=1S/C9H15N3S/c1-7-11-12-8(13-7)10-6-9(2)4-3-5-9/h3-6H2,1-2H3,(H,10,12). The molecule has 1 saturated carbocycles. The molecule has 0 amide bonds. The summed E-state index contributed by atoms with van der Waals surface area (Å²) in [6.45, 7) is 5.35. The van der Waals surface area contributed by atoms with E-state index < -0.39 is 0 Å². The monoisotopic (exact) mass is 197 g/mol. The average Bonchev–Trinajstić information content (AvgIpc) is 2.44. The number of nitrogens with zero attached hydrogens (tertiary/aromatic N) is 2. The van der Waals surface area contributed by atoms with Crippen molar-refractivity contribution in [3.8, 4) is 0 Å². The fourth-order valence-corrected chi connectivity index (χ4v) is 2.20. The maximum atomic E-state index is 4.03. The van der Waals surface area contributed by atoms with Crippen LogP contribution in [-0.2, 0) is 0 Å². The number of hydrogen-bond acceptors (Lipinski definition) is 4. The van der Waals surface area contributed by atoms with Crippen molar-refractivity contribution >= 4 is 16.5 Å². The largest absolute Gasteiger partial charge is 0.360 e. The molecule has 72 valence electrons. The Morgan fingerprint density at radius 2 is 2.23 bits per heavy atom. The van der Waals surface area contributed by atoms with E-state index in [0.717, 1.165) is 16.7 Å². The summed E-state index contributed by atoms with van der Waals surface area (Å²) >= 11 is 1.63. The van der Waals surface area contributed by atoms with Crippen LogP contribution in [-0.4, -0.2) is 16.7 Å². The van der Waals surface area contributed by atoms with Gasteiger partial charge in [0.1, 0.15) is 5.01 Å². The zero-order valence-electron chi connectivity index (χ0n) is 8.13. The van der Waals surface area contributed by atoms with E-state index in [-0.39, 0.29) is 0 Å². The minimum atomic E-state index is 0.513. The lowest BCUT2D eigenvalue weighted by Gasteiger charge is -2.38. The molecule has 0 aromatic carbocycles. The van der Waals surface area contributed by atoms with Gasteiger partial charge < -0.3 is 5.32 Å². The van der Waals surface area contributed by atoms with Gasteiger partial charge in [-0.25, -0.2) is 0 Å². The third-order valence-corrected chi connectivity index (χ3v) is 3.55. The normalized spacial score (nSPS) is 19.5. The van der Waals surface area contributed by atoms with E-state index in [1.807, 2.05) is 6.92 Å². The fourth-order valence-electron chi connectivity index (χ4n) is 1.61. The lowest BCUT2D eigenvalue weighted by Crippen LogP contribution is -2.33. The highest BCUT2D eigenvalue weighted by molar-refractivity contribution is 7.15. The molecule has 0 aliphatic heterocycles. The van der Waals surface area contributed by atoms with Gasteiger partial charge in [0.15, 0.2) is 0 Å². The van der Waals surface area contributed by atoms with Crippen molar-refractivity contribution in [2.75, 3.05) is 11.9 Å². The Morgan fingerprint density at radius 1 is 1.46 bits per heavy atom. The molecule has 2 rings (SSSR count). The van der Waals surface area contributed by atoms with E-state index in [1.54, 1.807) is 11.3 Å². The maximum Gasteiger partial charge on any atom is 0.205 e. The van der Waals surface area contributed by atoms with Gasteiger partial charge in [-0.3, -0.25) is 0 Å². The first kappa shape index (κ1) is 8.94. The fraction of sp³-hybridized carbons (Fsp3) is 0.778. The van der Waals surface area contributed by atoms with Crippen molar-refractivity contribution in [2.45, 2.75) is 33.1 Å². The second-order valence-electron chi connectivity index (χ2n) is 4.14. The summed E-state index contributed by atoms with van der Waals surface area (Å²) in [7, 11) is 0. The molecule has 1 aromatic rings. The van der Waals surface area contributed by atoms with Crippen LogP contribution < -0.4 is 5.32 Å². The number of nitrogens with one attached hydrogen (secondary N) is 1. The summed E-state index contributed by atoms with van der Waals surface area (Å²) in [6, 6.07) is 0. The van der Waals surface area contributed by atoms with Gasteiger partial charge in [-0.05, 0) is 25.2 Å². The minimum Gasteiger partial charge on any atom is -0.360 e. The summed E-state index contributed by atoms with van der Waals surface area (Å²) in [6.07, 6.45) is 4.07. The number of hydrogen-bond donors (Lipinski definition) is 1. The summed E-state index contributed by atoms with van der Waals surface area (Å²) in [5.41, 5.74) is 0.513. The summed E-state index contributed by atoms with van der Waals surface area (Å²) in [4.78, 5) is 0. The van der Waals surface area contributed by atoms with Crippen LogP contribution in [0.25, 0.3) is 0 Å². The highest BCUT2D eigenvalue weighted by atomic mass is 32.1. The Kier molecular flexibility index (Phi) is 2.24. The average molecular weight is 197 g/mol. The van der Waals surface area contributed by atoms with Crippen molar-refractivity contribution in [3.63, 3.8) is 0 Å². The van der Waals surface area contributed by atoms with Crippen LogP contribution >= 0.6 is 11.3 Å². The smallest absolute Gasteiger partial charge is 0.205 e. The molecule has 13 heavy (non-hydrogen) atoms. The quantitative estimate of drug-likeness (QED) is 0.808. The van der Waals surface area contributed by atoms with E-state index in [0.29, 0.717) is 5.41 Å². The number of rotatable bonds is 3. The molecule has 1 aliphatic rings. The molecule has 4 heteroatoms. The topological polar surface area (TPSA) is 37.8 Å². The highest BCUT2D eigenvalue weighted by Crippen LogP contribution is 2.40. The van der Waals surface area contributed by atoms with Crippen LogP contribution in [0.1, 0.15) is 31.2 Å². The molecule has 0 bridgehead atoms. The van der Waals surface area contributed by atoms with E-state index in [1.165, 1.54) is 19.3 Å². The second-order valence-corrected chi connectivity index (χ2v) is 5.33. The first-order valence-corrected chi connectivity index (χ1v) is 5.54. The van der Waals surface area contributed by atoms with Crippen LogP contribution in [0, 0.1) is 12.3 Å². The van der Waals surface area contributed by atoms with Gasteiger partial charge in [0.2, 0.25) is 5.13 Å². The Bertz CT molecular complexity index is 291. The van der Waals surface area contributed by atoms with Crippen molar-refractivity contribution in [3.05, 3.63) is 5.01 Å². The third-order valence-electron chi connectivity index (χ3n) is 2.75. The van der Waals surface area contributed by atoms with Crippen LogP contribution in [0.3, 0.4) is 0 Å². The van der Waals surface area contributed by atoms with Crippen LogP contribution in [0.2, 0.25) is 0 Å². The molecule has 0 unspecified atom stereocenters. The molecule has 1 aliphatic carbocycles. The molecule has 1 N–H and O–H groups in total. The zero-order valence-corrected chi connectivity index (χ0v) is 8.95. The van der Waals surface area contributed by atoms with Crippen LogP contribution in [0.4, 0.5) is 5.13 Å². The van der Waals surface area contributed by atoms with E-state index in [4.69, 9.17) is 0 Å². The molecule has 1 fully saturated rings. The Labute approximate surface area is 82.6 Å². The first-order chi connectivity index (χ1) is 6.18. The van der Waals surface area contributed by atoms with Crippen molar-refractivity contribution in [1.82, 2.24) is 10.2 Å². The van der Waals surface area contributed by atoms with E-state index in [9.17, 15) is 0 Å². The predicted molar refractivity (Wildman–Crippen MR) is 55.1 cm³/mol. The molecule has 0 atom stereocenters. The number of aromatic nitrogens is 2. The van der Waals surface area contributed by atoms with Crippen molar-refractivity contribution in [1.29, 1.82) is 0 Å². The molecule has 0 saturated heterocycles. The van der Waals surface area contributed by atoms with Crippen molar-refractivity contribution in [2.24, 2.45) is 5.41 Å². The first-order valence-electron chi connectivity index (χ1n) is 4.72. The van der Waals surface area contributed by atoms with Gasteiger partial charge >= 0.3 is 0 Å². The van der Waals surface area contributed by atoms with Crippen LogP contribution in [0.5, 0.6) is 0 Å². The van der Waals surface area contributed by atoms with Gasteiger partial charge in [0.25, 0.3) is 0 Å². The molecular weight excluding hydrogens is 182 g/mol. The maximum absolute atomic E-state index is 4.03. The SMILES string of the molecule is Cc1nnc(NCC2(C)CCC2)s1. The Morgan fingerprint density at radius 3 is 2.69 bits per heavy atom. The van der Waals surface area contributed by atoms with Crippen molar-refractivity contribution < 1.29 is 0 Å². The molecule has 0 radical (unpaired) electrons. The number of aryl methyl sites for hydroxylation is 1. The van der Waals surface area contributed by atoms with E-state index in [2.05, 4.69) is 22.4 Å². The number of anilines is 1. The molecule has 3 nitrogen and oxygen atoms in total. The lowest BCUT2D eigenvalue weighted by molar-refractivity contribution is 0.180. The van der Waals surface area contributed by atoms with Gasteiger partial charge in [0, 0.05) is 6.54 Å². The third kappa shape index (κ3) is 1.99. The van der Waals surface area contributed by atoms with Crippen LogP contribution in [0.15, 0.2) is 0 Å². The second kappa shape index (κ2) is 3.25. The molecular formula is C9H15N3S. The van der Waals surface area contributed by atoms with Gasteiger partial charge in [-0.1, -0.05) is 24.7 Å². The highest BCUT2D eigenvalue weighted by Gasteiger charge is 2.31. The Balaban J connectivity index is 1.85. The van der Waals surface area contributed by atoms with E-state index >= 15 is 0 Å². The summed E-state index contributed by atoms with van der Waals surface area (Å²) in [5.74, 6) is 0. The predicted octanol–water partition coefficient (Wildman–Crippen LogP) is 2.45. The molecule has 1 aromatic heterocycles. The Hall–Kier alpha value is -0.640. The molecule has 0 spiro atoms. The molecule has 1 heterocycles. The van der Waals surface area contributed by atoms with Gasteiger partial charge in [-0.15, -0.1) is 10.2 Å². The summed E-state index contributed by atoms with van der Waals surface area (Å²) in [5, 5.41) is 13.3. The van der Waals surface area contributed by atoms with Gasteiger partial charge in [-0.2, -0.15) is 0 Å². The lowest BCUT2D eigenvalue weighted by atomic mass is 9.70. The zero-order chi connectivity index (χ0) is 9.31.